The highest BCUT2D eigenvalue weighted by molar-refractivity contribution is 6.30. The van der Waals surface area contributed by atoms with Gasteiger partial charge < -0.3 is 10.6 Å². The molecule has 0 atom stereocenters. The van der Waals surface area contributed by atoms with Gasteiger partial charge >= 0.3 is 0 Å². The highest BCUT2D eigenvalue weighted by atomic mass is 35.5. The molecule has 2 aromatic rings. The van der Waals surface area contributed by atoms with Crippen LogP contribution < -0.4 is 10.6 Å². The minimum Gasteiger partial charge on any atom is -0.388 e. The Bertz CT molecular complexity index is 552. The monoisotopic (exact) mass is 260 g/mol. The van der Waals surface area contributed by atoms with Gasteiger partial charge in [0.2, 0.25) is 0 Å². The molecule has 0 aliphatic rings. The van der Waals surface area contributed by atoms with Gasteiger partial charge in [-0.1, -0.05) is 17.7 Å². The van der Waals surface area contributed by atoms with Crippen molar-refractivity contribution < 1.29 is 4.79 Å². The van der Waals surface area contributed by atoms with Crippen LogP contribution in [-0.4, -0.2) is 13.0 Å². The fourth-order valence-corrected chi connectivity index (χ4v) is 1.75. The SMILES string of the molecule is CNc1ccc(C(=O)Nc2cccc(Cl)c2)cc1. The van der Waals surface area contributed by atoms with Gasteiger partial charge in [-0.3, -0.25) is 4.79 Å². The average molecular weight is 261 g/mol. The van der Waals surface area contributed by atoms with Crippen molar-refractivity contribution in [1.29, 1.82) is 0 Å². The highest BCUT2D eigenvalue weighted by Gasteiger charge is 2.05. The summed E-state index contributed by atoms with van der Waals surface area (Å²) in [5, 5.41) is 6.39. The van der Waals surface area contributed by atoms with Crippen LogP contribution in [0.4, 0.5) is 11.4 Å². The van der Waals surface area contributed by atoms with Gasteiger partial charge in [-0.05, 0) is 42.5 Å². The summed E-state index contributed by atoms with van der Waals surface area (Å²) in [7, 11) is 1.83. The van der Waals surface area contributed by atoms with Gasteiger partial charge in [0.1, 0.15) is 0 Å². The Labute approximate surface area is 111 Å². The zero-order valence-electron chi connectivity index (χ0n) is 9.91. The quantitative estimate of drug-likeness (QED) is 0.885. The van der Waals surface area contributed by atoms with Crippen LogP contribution in [-0.2, 0) is 0 Å². The predicted molar refractivity (Wildman–Crippen MR) is 75.4 cm³/mol. The van der Waals surface area contributed by atoms with Gasteiger partial charge in [0, 0.05) is 29.0 Å². The molecule has 1 amide bonds. The van der Waals surface area contributed by atoms with Crippen molar-refractivity contribution in [2.75, 3.05) is 17.7 Å². The lowest BCUT2D eigenvalue weighted by Gasteiger charge is -2.06. The Morgan fingerprint density at radius 2 is 1.78 bits per heavy atom. The first-order chi connectivity index (χ1) is 8.69. The molecular formula is C14H13ClN2O. The molecule has 92 valence electrons. The van der Waals surface area contributed by atoms with Crippen LogP contribution in [0, 0.1) is 0 Å². The van der Waals surface area contributed by atoms with E-state index in [-0.39, 0.29) is 5.91 Å². The van der Waals surface area contributed by atoms with E-state index in [1.165, 1.54) is 0 Å². The second kappa shape index (κ2) is 5.56. The van der Waals surface area contributed by atoms with Crippen LogP contribution in [0.15, 0.2) is 48.5 Å². The highest BCUT2D eigenvalue weighted by Crippen LogP contribution is 2.16. The Hall–Kier alpha value is -2.00. The lowest BCUT2D eigenvalue weighted by molar-refractivity contribution is 0.102. The third-order valence-electron chi connectivity index (χ3n) is 2.52. The number of hydrogen-bond acceptors (Lipinski definition) is 2. The van der Waals surface area contributed by atoms with E-state index < -0.39 is 0 Å². The van der Waals surface area contributed by atoms with Crippen molar-refractivity contribution >= 4 is 28.9 Å². The maximum Gasteiger partial charge on any atom is 0.255 e. The Kier molecular flexibility index (Phi) is 3.85. The van der Waals surface area contributed by atoms with E-state index in [0.29, 0.717) is 16.3 Å². The van der Waals surface area contributed by atoms with Crippen LogP contribution in [0.3, 0.4) is 0 Å². The summed E-state index contributed by atoms with van der Waals surface area (Å²) in [6.07, 6.45) is 0. The second-order valence-corrected chi connectivity index (χ2v) is 4.23. The summed E-state index contributed by atoms with van der Waals surface area (Å²) in [6, 6.07) is 14.3. The molecule has 4 heteroatoms. The van der Waals surface area contributed by atoms with E-state index in [4.69, 9.17) is 11.6 Å². The Morgan fingerprint density at radius 3 is 2.39 bits per heavy atom. The standard InChI is InChI=1S/C14H13ClN2O/c1-16-12-7-5-10(6-8-12)14(18)17-13-4-2-3-11(15)9-13/h2-9,16H,1H3,(H,17,18). The van der Waals surface area contributed by atoms with E-state index >= 15 is 0 Å². The summed E-state index contributed by atoms with van der Waals surface area (Å²) in [5.74, 6) is -0.153. The summed E-state index contributed by atoms with van der Waals surface area (Å²) in [4.78, 5) is 12.0. The molecule has 0 bridgehead atoms. The van der Waals surface area contributed by atoms with Gasteiger partial charge in [0.15, 0.2) is 0 Å². The fraction of sp³-hybridized carbons (Fsp3) is 0.0714. The second-order valence-electron chi connectivity index (χ2n) is 3.79. The van der Waals surface area contributed by atoms with Crippen LogP contribution in [0.25, 0.3) is 0 Å². The number of hydrogen-bond donors (Lipinski definition) is 2. The zero-order chi connectivity index (χ0) is 13.0. The first-order valence-corrected chi connectivity index (χ1v) is 5.91. The zero-order valence-corrected chi connectivity index (χ0v) is 10.7. The number of halogens is 1. The Balaban J connectivity index is 2.11. The van der Waals surface area contributed by atoms with E-state index in [1.807, 2.05) is 19.2 Å². The normalized spacial score (nSPS) is 9.89. The number of anilines is 2. The molecule has 0 aromatic heterocycles. The maximum absolute atomic E-state index is 12.0. The van der Waals surface area contributed by atoms with Crippen molar-refractivity contribution in [1.82, 2.24) is 0 Å². The maximum atomic E-state index is 12.0. The lowest BCUT2D eigenvalue weighted by atomic mass is 10.2. The molecule has 0 saturated heterocycles. The molecule has 0 aliphatic heterocycles. The minimum atomic E-state index is -0.153. The molecule has 0 heterocycles. The number of benzene rings is 2. The molecule has 2 N–H and O–H groups in total. The van der Waals surface area contributed by atoms with E-state index in [1.54, 1.807) is 36.4 Å². The van der Waals surface area contributed by atoms with Gasteiger partial charge in [-0.15, -0.1) is 0 Å². The van der Waals surface area contributed by atoms with E-state index in [0.717, 1.165) is 5.69 Å². The number of carbonyl (C=O) groups is 1. The van der Waals surface area contributed by atoms with E-state index in [2.05, 4.69) is 10.6 Å². The summed E-state index contributed by atoms with van der Waals surface area (Å²) < 4.78 is 0. The smallest absolute Gasteiger partial charge is 0.255 e. The topological polar surface area (TPSA) is 41.1 Å². The molecule has 2 rings (SSSR count). The average Bonchev–Trinajstić information content (AvgIpc) is 2.39. The summed E-state index contributed by atoms with van der Waals surface area (Å²) >= 11 is 5.85. The first-order valence-electron chi connectivity index (χ1n) is 5.54. The number of amides is 1. The van der Waals surface area contributed by atoms with Crippen molar-refractivity contribution in [2.24, 2.45) is 0 Å². The molecule has 2 aromatic carbocycles. The molecule has 0 fully saturated rings. The molecule has 0 unspecified atom stereocenters. The molecule has 3 nitrogen and oxygen atoms in total. The minimum absolute atomic E-state index is 0.153. The van der Waals surface area contributed by atoms with Crippen LogP contribution in [0.2, 0.25) is 5.02 Å². The fourth-order valence-electron chi connectivity index (χ4n) is 1.56. The van der Waals surface area contributed by atoms with Gasteiger partial charge in [0.25, 0.3) is 5.91 Å². The third kappa shape index (κ3) is 3.02. The number of carbonyl (C=O) groups excluding carboxylic acids is 1. The van der Waals surface area contributed by atoms with Crippen LogP contribution in [0.5, 0.6) is 0 Å². The van der Waals surface area contributed by atoms with Gasteiger partial charge in [0.05, 0.1) is 0 Å². The molecule has 0 spiro atoms. The van der Waals surface area contributed by atoms with Crippen molar-refractivity contribution in [3.8, 4) is 0 Å². The van der Waals surface area contributed by atoms with Crippen molar-refractivity contribution in [2.45, 2.75) is 0 Å². The first kappa shape index (κ1) is 12.5. The third-order valence-corrected chi connectivity index (χ3v) is 2.75. The molecule has 0 aliphatic carbocycles. The van der Waals surface area contributed by atoms with Gasteiger partial charge in [-0.25, -0.2) is 0 Å². The summed E-state index contributed by atoms with van der Waals surface area (Å²) in [5.41, 5.74) is 2.26. The van der Waals surface area contributed by atoms with Crippen molar-refractivity contribution in [3.63, 3.8) is 0 Å². The molecule has 18 heavy (non-hydrogen) atoms. The predicted octanol–water partition coefficient (Wildman–Crippen LogP) is 3.63. The summed E-state index contributed by atoms with van der Waals surface area (Å²) in [6.45, 7) is 0. The largest absolute Gasteiger partial charge is 0.388 e. The van der Waals surface area contributed by atoms with Crippen LogP contribution >= 0.6 is 11.6 Å². The molecule has 0 radical (unpaired) electrons. The molecular weight excluding hydrogens is 248 g/mol. The molecule has 0 saturated carbocycles. The number of nitrogens with one attached hydrogen (secondary N) is 2. The van der Waals surface area contributed by atoms with Gasteiger partial charge in [-0.2, -0.15) is 0 Å². The lowest BCUT2D eigenvalue weighted by Crippen LogP contribution is -2.11. The Morgan fingerprint density at radius 1 is 1.06 bits per heavy atom. The van der Waals surface area contributed by atoms with Crippen molar-refractivity contribution in [3.05, 3.63) is 59.1 Å². The van der Waals surface area contributed by atoms with E-state index in [9.17, 15) is 4.79 Å². The van der Waals surface area contributed by atoms with Crippen LogP contribution in [0.1, 0.15) is 10.4 Å². The number of rotatable bonds is 3.